The quantitative estimate of drug-likeness (QED) is 0.838. The zero-order valence-corrected chi connectivity index (χ0v) is 13.8. The van der Waals surface area contributed by atoms with E-state index in [1.807, 2.05) is 0 Å². The lowest BCUT2D eigenvalue weighted by Crippen LogP contribution is -2.52. The molecule has 2 N–H and O–H groups in total. The fraction of sp³-hybridized carbons (Fsp3) is 0.611. The maximum absolute atomic E-state index is 12.2. The van der Waals surface area contributed by atoms with Gasteiger partial charge in [-0.05, 0) is 24.9 Å². The van der Waals surface area contributed by atoms with Crippen LogP contribution < -0.4 is 10.6 Å². The molecule has 1 unspecified atom stereocenters. The lowest BCUT2D eigenvalue weighted by Gasteiger charge is -2.34. The first-order valence-electron chi connectivity index (χ1n) is 8.78. The molecule has 5 nitrogen and oxygen atoms in total. The number of carbonyl (C=O) groups excluding carboxylic acids is 1. The average Bonchev–Trinajstić information content (AvgIpc) is 2.58. The highest BCUT2D eigenvalue weighted by Gasteiger charge is 2.21. The van der Waals surface area contributed by atoms with Gasteiger partial charge >= 0.3 is 0 Å². The molecule has 1 amide bonds. The molecule has 2 aliphatic rings. The fourth-order valence-electron chi connectivity index (χ4n) is 3.40. The predicted molar refractivity (Wildman–Crippen MR) is 92.2 cm³/mol. The van der Waals surface area contributed by atoms with Gasteiger partial charge in [-0.3, -0.25) is 14.6 Å². The summed E-state index contributed by atoms with van der Waals surface area (Å²) in [5.41, 5.74) is 1.36. The summed E-state index contributed by atoms with van der Waals surface area (Å²) >= 11 is 0. The van der Waals surface area contributed by atoms with E-state index >= 15 is 0 Å². The van der Waals surface area contributed by atoms with Crippen LogP contribution in [0.3, 0.4) is 0 Å². The van der Waals surface area contributed by atoms with Crippen LogP contribution in [0.5, 0.6) is 0 Å². The SMILES string of the molecule is O=C(CN1CCN(Cc2ccccc2)CC1)NC1CCCNC1. The number of benzene rings is 1. The topological polar surface area (TPSA) is 47.6 Å². The fourth-order valence-corrected chi connectivity index (χ4v) is 3.40. The van der Waals surface area contributed by atoms with Crippen LogP contribution in [0, 0.1) is 0 Å². The molecule has 0 saturated carbocycles. The molecule has 3 rings (SSSR count). The maximum Gasteiger partial charge on any atom is 0.234 e. The van der Waals surface area contributed by atoms with E-state index in [1.165, 1.54) is 5.56 Å². The van der Waals surface area contributed by atoms with E-state index in [-0.39, 0.29) is 5.91 Å². The number of amides is 1. The smallest absolute Gasteiger partial charge is 0.234 e. The van der Waals surface area contributed by atoms with Crippen molar-refractivity contribution in [3.05, 3.63) is 35.9 Å². The van der Waals surface area contributed by atoms with Crippen molar-refractivity contribution >= 4 is 5.91 Å². The lowest BCUT2D eigenvalue weighted by atomic mass is 10.1. The summed E-state index contributed by atoms with van der Waals surface area (Å²) < 4.78 is 0. The Morgan fingerprint density at radius 3 is 2.57 bits per heavy atom. The molecule has 1 aromatic carbocycles. The van der Waals surface area contributed by atoms with Gasteiger partial charge in [0.1, 0.15) is 0 Å². The highest BCUT2D eigenvalue weighted by Crippen LogP contribution is 2.08. The third-order valence-corrected chi connectivity index (χ3v) is 4.74. The molecule has 5 heteroatoms. The second-order valence-corrected chi connectivity index (χ2v) is 6.65. The number of piperazine rings is 1. The van der Waals surface area contributed by atoms with Gasteiger partial charge in [0.25, 0.3) is 0 Å². The Morgan fingerprint density at radius 2 is 1.87 bits per heavy atom. The van der Waals surface area contributed by atoms with E-state index in [9.17, 15) is 4.79 Å². The first-order valence-corrected chi connectivity index (χ1v) is 8.78. The van der Waals surface area contributed by atoms with Gasteiger partial charge in [-0.15, -0.1) is 0 Å². The summed E-state index contributed by atoms with van der Waals surface area (Å²) in [6.45, 7) is 7.56. The molecule has 0 radical (unpaired) electrons. The second-order valence-electron chi connectivity index (χ2n) is 6.65. The Kier molecular flexibility index (Phi) is 6.02. The van der Waals surface area contributed by atoms with Crippen molar-refractivity contribution in [2.45, 2.75) is 25.4 Å². The molecule has 2 fully saturated rings. The normalized spacial score (nSPS) is 23.6. The van der Waals surface area contributed by atoms with Gasteiger partial charge in [0.2, 0.25) is 5.91 Å². The standard InChI is InChI=1S/C18H28N4O/c23-18(20-17-7-4-8-19-13-17)15-22-11-9-21(10-12-22)14-16-5-2-1-3-6-16/h1-3,5-6,17,19H,4,7-15H2,(H,20,23). The van der Waals surface area contributed by atoms with Crippen LogP contribution in [0.1, 0.15) is 18.4 Å². The van der Waals surface area contributed by atoms with Crippen LogP contribution in [0.15, 0.2) is 30.3 Å². The minimum atomic E-state index is 0.176. The van der Waals surface area contributed by atoms with E-state index in [0.29, 0.717) is 12.6 Å². The van der Waals surface area contributed by atoms with Crippen molar-refractivity contribution in [1.82, 2.24) is 20.4 Å². The van der Waals surface area contributed by atoms with Crippen molar-refractivity contribution in [2.24, 2.45) is 0 Å². The molecule has 1 aromatic rings. The molecule has 1 atom stereocenters. The minimum absolute atomic E-state index is 0.176. The van der Waals surface area contributed by atoms with Gasteiger partial charge < -0.3 is 10.6 Å². The van der Waals surface area contributed by atoms with Crippen LogP contribution in [0.25, 0.3) is 0 Å². The van der Waals surface area contributed by atoms with E-state index in [4.69, 9.17) is 0 Å². The first kappa shape index (κ1) is 16.4. The number of piperidine rings is 1. The number of carbonyl (C=O) groups is 1. The third kappa shape index (κ3) is 5.30. The Morgan fingerprint density at radius 1 is 1.13 bits per heavy atom. The van der Waals surface area contributed by atoms with Gasteiger partial charge in [-0.2, -0.15) is 0 Å². The first-order chi connectivity index (χ1) is 11.3. The highest BCUT2D eigenvalue weighted by molar-refractivity contribution is 5.78. The number of nitrogens with zero attached hydrogens (tertiary/aromatic N) is 2. The summed E-state index contributed by atoms with van der Waals surface area (Å²) in [4.78, 5) is 16.9. The number of nitrogens with one attached hydrogen (secondary N) is 2. The molecule has 2 aliphatic heterocycles. The van der Waals surface area contributed by atoms with E-state index in [0.717, 1.165) is 58.7 Å². The lowest BCUT2D eigenvalue weighted by molar-refractivity contribution is -0.123. The zero-order chi connectivity index (χ0) is 15.9. The summed E-state index contributed by atoms with van der Waals surface area (Å²) in [5.74, 6) is 0.176. The van der Waals surface area contributed by atoms with E-state index in [2.05, 4.69) is 50.8 Å². The number of rotatable bonds is 5. The van der Waals surface area contributed by atoms with Crippen molar-refractivity contribution < 1.29 is 4.79 Å². The van der Waals surface area contributed by atoms with Crippen molar-refractivity contribution in [2.75, 3.05) is 45.8 Å². The van der Waals surface area contributed by atoms with Gasteiger partial charge in [-0.1, -0.05) is 30.3 Å². The Hall–Kier alpha value is -1.43. The van der Waals surface area contributed by atoms with Crippen LogP contribution >= 0.6 is 0 Å². The molecule has 0 aromatic heterocycles. The highest BCUT2D eigenvalue weighted by atomic mass is 16.2. The van der Waals surface area contributed by atoms with E-state index in [1.54, 1.807) is 0 Å². The Balaban J connectivity index is 1.36. The maximum atomic E-state index is 12.2. The average molecular weight is 316 g/mol. The van der Waals surface area contributed by atoms with Crippen LogP contribution in [-0.2, 0) is 11.3 Å². The molecule has 0 spiro atoms. The Bertz CT molecular complexity index is 479. The van der Waals surface area contributed by atoms with Crippen LogP contribution in [0.2, 0.25) is 0 Å². The molecular weight excluding hydrogens is 288 g/mol. The zero-order valence-electron chi connectivity index (χ0n) is 13.8. The van der Waals surface area contributed by atoms with Gasteiger partial charge in [0, 0.05) is 45.3 Å². The minimum Gasteiger partial charge on any atom is -0.351 e. The summed E-state index contributed by atoms with van der Waals surface area (Å²) in [5, 5.41) is 6.50. The molecule has 126 valence electrons. The molecule has 0 bridgehead atoms. The Labute approximate surface area is 139 Å². The summed E-state index contributed by atoms with van der Waals surface area (Å²) in [6.07, 6.45) is 2.26. The predicted octanol–water partition coefficient (Wildman–Crippen LogP) is 0.672. The second kappa shape index (κ2) is 8.43. The number of hydrogen-bond acceptors (Lipinski definition) is 4. The summed E-state index contributed by atoms with van der Waals surface area (Å²) in [6, 6.07) is 10.9. The molecule has 2 saturated heterocycles. The molecular formula is C18H28N4O. The number of hydrogen-bond donors (Lipinski definition) is 2. The van der Waals surface area contributed by atoms with Crippen molar-refractivity contribution in [3.63, 3.8) is 0 Å². The largest absolute Gasteiger partial charge is 0.351 e. The molecule has 2 heterocycles. The van der Waals surface area contributed by atoms with Gasteiger partial charge in [0.15, 0.2) is 0 Å². The van der Waals surface area contributed by atoms with Gasteiger partial charge in [-0.25, -0.2) is 0 Å². The molecule has 0 aliphatic carbocycles. The van der Waals surface area contributed by atoms with Crippen molar-refractivity contribution in [1.29, 1.82) is 0 Å². The monoisotopic (exact) mass is 316 g/mol. The van der Waals surface area contributed by atoms with Gasteiger partial charge in [0.05, 0.1) is 6.54 Å². The summed E-state index contributed by atoms with van der Waals surface area (Å²) in [7, 11) is 0. The van der Waals surface area contributed by atoms with Crippen molar-refractivity contribution in [3.8, 4) is 0 Å². The molecule has 23 heavy (non-hydrogen) atoms. The van der Waals surface area contributed by atoms with E-state index < -0.39 is 0 Å². The third-order valence-electron chi connectivity index (χ3n) is 4.74. The van der Waals surface area contributed by atoms with Crippen LogP contribution in [-0.4, -0.2) is 67.6 Å². The van der Waals surface area contributed by atoms with Crippen LogP contribution in [0.4, 0.5) is 0 Å².